The summed E-state index contributed by atoms with van der Waals surface area (Å²) in [6.45, 7) is 1.56. The van der Waals surface area contributed by atoms with Crippen LogP contribution < -0.4 is 5.32 Å². The molecule has 2 aliphatic rings. The van der Waals surface area contributed by atoms with E-state index in [1.165, 1.54) is 6.42 Å². The van der Waals surface area contributed by atoms with Gasteiger partial charge in [0.15, 0.2) is 0 Å². The average Bonchev–Trinajstić information content (AvgIpc) is 3.14. The SMILES string of the molecule is O=C(c1cn[nH]c1-c1ccccc1Cl)N1CCC2CCC(C1)N2. The maximum atomic E-state index is 13.0. The van der Waals surface area contributed by atoms with Crippen molar-refractivity contribution in [2.45, 2.75) is 31.3 Å². The largest absolute Gasteiger partial charge is 0.337 e. The Balaban J connectivity index is 1.63. The van der Waals surface area contributed by atoms with E-state index in [1.54, 1.807) is 6.20 Å². The minimum absolute atomic E-state index is 0.0306. The highest BCUT2D eigenvalue weighted by Crippen LogP contribution is 2.30. The lowest BCUT2D eigenvalue weighted by molar-refractivity contribution is 0.0749. The van der Waals surface area contributed by atoms with Gasteiger partial charge in [-0.2, -0.15) is 5.10 Å². The number of hydrogen-bond donors (Lipinski definition) is 2. The zero-order valence-corrected chi connectivity index (χ0v) is 13.5. The van der Waals surface area contributed by atoms with Gasteiger partial charge >= 0.3 is 0 Å². The molecule has 2 unspecified atom stereocenters. The first-order chi connectivity index (χ1) is 11.2. The monoisotopic (exact) mass is 330 g/mol. The van der Waals surface area contributed by atoms with Crippen molar-refractivity contribution in [3.8, 4) is 11.3 Å². The number of amides is 1. The molecule has 23 heavy (non-hydrogen) atoms. The van der Waals surface area contributed by atoms with Crippen molar-refractivity contribution in [3.05, 3.63) is 41.0 Å². The highest BCUT2D eigenvalue weighted by Gasteiger charge is 2.32. The lowest BCUT2D eigenvalue weighted by Crippen LogP contribution is -2.39. The number of aromatic nitrogens is 2. The van der Waals surface area contributed by atoms with Crippen LogP contribution in [-0.4, -0.2) is 46.2 Å². The predicted molar refractivity (Wildman–Crippen MR) is 89.5 cm³/mol. The molecule has 2 fully saturated rings. The molecule has 1 amide bonds. The van der Waals surface area contributed by atoms with Crippen LogP contribution >= 0.6 is 11.6 Å². The molecule has 4 rings (SSSR count). The summed E-state index contributed by atoms with van der Waals surface area (Å²) in [5.74, 6) is 0.0306. The number of carbonyl (C=O) groups is 1. The third-order valence-electron chi connectivity index (χ3n) is 4.82. The van der Waals surface area contributed by atoms with Crippen LogP contribution in [0.2, 0.25) is 5.02 Å². The van der Waals surface area contributed by atoms with E-state index in [9.17, 15) is 4.79 Å². The third-order valence-corrected chi connectivity index (χ3v) is 5.15. The maximum absolute atomic E-state index is 13.0. The second-order valence-corrected chi connectivity index (χ2v) is 6.72. The fraction of sp³-hybridized carbons (Fsp3) is 0.412. The molecule has 0 radical (unpaired) electrons. The topological polar surface area (TPSA) is 61.0 Å². The fourth-order valence-electron chi connectivity index (χ4n) is 3.62. The summed E-state index contributed by atoms with van der Waals surface area (Å²) in [4.78, 5) is 14.9. The number of hydrogen-bond acceptors (Lipinski definition) is 3. The van der Waals surface area contributed by atoms with Crippen molar-refractivity contribution in [2.24, 2.45) is 0 Å². The van der Waals surface area contributed by atoms with Gasteiger partial charge in [-0.05, 0) is 25.3 Å². The van der Waals surface area contributed by atoms with Crippen molar-refractivity contribution >= 4 is 17.5 Å². The molecule has 1 aromatic carbocycles. The second-order valence-electron chi connectivity index (χ2n) is 6.32. The lowest BCUT2D eigenvalue weighted by atomic mass is 10.1. The predicted octanol–water partition coefficient (Wildman–Crippen LogP) is 2.70. The van der Waals surface area contributed by atoms with E-state index in [-0.39, 0.29) is 5.91 Å². The Labute approximate surface area is 140 Å². The Morgan fingerprint density at radius 1 is 1.22 bits per heavy atom. The Hall–Kier alpha value is -1.85. The first kappa shape index (κ1) is 14.7. The summed E-state index contributed by atoms with van der Waals surface area (Å²) in [5.41, 5.74) is 2.10. The Bertz CT molecular complexity index is 729. The molecular weight excluding hydrogens is 312 g/mol. The number of carbonyl (C=O) groups excluding carboxylic acids is 1. The van der Waals surface area contributed by atoms with Gasteiger partial charge in [0.1, 0.15) is 0 Å². The molecule has 2 aliphatic heterocycles. The van der Waals surface area contributed by atoms with Gasteiger partial charge in [-0.25, -0.2) is 0 Å². The van der Waals surface area contributed by atoms with Gasteiger partial charge in [-0.3, -0.25) is 9.89 Å². The molecule has 2 aromatic rings. The number of fused-ring (bicyclic) bond motifs is 2. The molecule has 2 atom stereocenters. The quantitative estimate of drug-likeness (QED) is 0.890. The van der Waals surface area contributed by atoms with Gasteiger partial charge in [-0.15, -0.1) is 0 Å². The van der Waals surface area contributed by atoms with Crippen molar-refractivity contribution < 1.29 is 4.79 Å². The number of rotatable bonds is 2. The highest BCUT2D eigenvalue weighted by molar-refractivity contribution is 6.33. The molecule has 0 saturated carbocycles. The van der Waals surface area contributed by atoms with Crippen LogP contribution in [0.4, 0.5) is 0 Å². The lowest BCUT2D eigenvalue weighted by Gasteiger charge is -2.24. The number of halogens is 1. The molecule has 6 heteroatoms. The van der Waals surface area contributed by atoms with Crippen LogP contribution in [0.1, 0.15) is 29.6 Å². The van der Waals surface area contributed by atoms with Gasteiger partial charge in [0.05, 0.1) is 17.5 Å². The van der Waals surface area contributed by atoms with E-state index in [4.69, 9.17) is 11.6 Å². The van der Waals surface area contributed by atoms with E-state index in [0.717, 1.165) is 31.5 Å². The summed E-state index contributed by atoms with van der Waals surface area (Å²) in [6, 6.07) is 8.48. The molecule has 3 heterocycles. The molecule has 0 spiro atoms. The standard InChI is InChI=1S/C17H19ClN4O/c18-15-4-2-1-3-13(15)16-14(9-19-21-16)17(23)22-8-7-11-5-6-12(10-22)20-11/h1-4,9,11-12,20H,5-8,10H2,(H,19,21). The number of likely N-dealkylation sites (tertiary alicyclic amines) is 1. The zero-order valence-electron chi connectivity index (χ0n) is 12.8. The fourth-order valence-corrected chi connectivity index (χ4v) is 3.85. The van der Waals surface area contributed by atoms with Crippen molar-refractivity contribution in [2.75, 3.05) is 13.1 Å². The van der Waals surface area contributed by atoms with Crippen LogP contribution in [0.15, 0.2) is 30.5 Å². The summed E-state index contributed by atoms with van der Waals surface area (Å²) in [5, 5.41) is 11.2. The molecular formula is C17H19ClN4O. The van der Waals surface area contributed by atoms with Crippen LogP contribution in [0.25, 0.3) is 11.3 Å². The summed E-state index contributed by atoms with van der Waals surface area (Å²) >= 11 is 6.27. The first-order valence-corrected chi connectivity index (χ1v) is 8.44. The Morgan fingerprint density at radius 2 is 2.04 bits per heavy atom. The minimum Gasteiger partial charge on any atom is -0.337 e. The molecule has 1 aromatic heterocycles. The van der Waals surface area contributed by atoms with Gasteiger partial charge in [0.2, 0.25) is 0 Å². The number of benzene rings is 1. The molecule has 2 saturated heterocycles. The van der Waals surface area contributed by atoms with Gasteiger partial charge in [0, 0.05) is 35.8 Å². The summed E-state index contributed by atoms with van der Waals surface area (Å²) in [6.07, 6.45) is 5.00. The third kappa shape index (κ3) is 2.75. The number of nitrogens with zero attached hydrogens (tertiary/aromatic N) is 2. The molecule has 120 valence electrons. The van der Waals surface area contributed by atoms with E-state index in [2.05, 4.69) is 15.5 Å². The highest BCUT2D eigenvalue weighted by atomic mass is 35.5. The van der Waals surface area contributed by atoms with Crippen molar-refractivity contribution in [1.82, 2.24) is 20.4 Å². The van der Waals surface area contributed by atoms with Gasteiger partial charge < -0.3 is 10.2 Å². The van der Waals surface area contributed by atoms with Crippen molar-refractivity contribution in [3.63, 3.8) is 0 Å². The summed E-state index contributed by atoms with van der Waals surface area (Å²) in [7, 11) is 0. The smallest absolute Gasteiger partial charge is 0.257 e. The molecule has 0 aliphatic carbocycles. The van der Waals surface area contributed by atoms with Crippen LogP contribution in [-0.2, 0) is 0 Å². The van der Waals surface area contributed by atoms with E-state index < -0.39 is 0 Å². The average molecular weight is 331 g/mol. The van der Waals surface area contributed by atoms with E-state index >= 15 is 0 Å². The minimum atomic E-state index is 0.0306. The normalized spacial score (nSPS) is 23.8. The molecule has 5 nitrogen and oxygen atoms in total. The molecule has 2 bridgehead atoms. The van der Waals surface area contributed by atoms with Gasteiger partial charge in [0.25, 0.3) is 5.91 Å². The Kier molecular flexibility index (Phi) is 3.83. The van der Waals surface area contributed by atoms with Crippen LogP contribution in [0, 0.1) is 0 Å². The number of nitrogens with one attached hydrogen (secondary N) is 2. The first-order valence-electron chi connectivity index (χ1n) is 8.06. The van der Waals surface area contributed by atoms with Crippen LogP contribution in [0.3, 0.4) is 0 Å². The van der Waals surface area contributed by atoms with Gasteiger partial charge in [-0.1, -0.05) is 29.8 Å². The zero-order chi connectivity index (χ0) is 15.8. The number of aromatic amines is 1. The molecule has 2 N–H and O–H groups in total. The summed E-state index contributed by atoms with van der Waals surface area (Å²) < 4.78 is 0. The van der Waals surface area contributed by atoms with E-state index in [1.807, 2.05) is 29.2 Å². The van der Waals surface area contributed by atoms with Crippen LogP contribution in [0.5, 0.6) is 0 Å². The maximum Gasteiger partial charge on any atom is 0.257 e. The Morgan fingerprint density at radius 3 is 2.91 bits per heavy atom. The second kappa shape index (κ2) is 5.98. The van der Waals surface area contributed by atoms with E-state index in [0.29, 0.717) is 28.4 Å². The number of H-pyrrole nitrogens is 1. The van der Waals surface area contributed by atoms with Crippen molar-refractivity contribution in [1.29, 1.82) is 0 Å².